The highest BCUT2D eigenvalue weighted by Gasteiger charge is 2.39. The zero-order chi connectivity index (χ0) is 37.7. The fraction of sp³-hybridized carbons (Fsp3) is 0.914. The molecule has 1 rings (SSSR count). The summed E-state index contributed by atoms with van der Waals surface area (Å²) in [5, 5.41) is 29.6. The van der Waals surface area contributed by atoms with Gasteiger partial charge in [-0.2, -0.15) is 0 Å². The standard InChI is InChI=1S/C35H70N4O11Si/c1-5-47-35(45)16-27-38-20-10-19-36(25-14-33(41)42)17-9-18-37(26-15-34(43)44)21-11-23-39(24-12-22-38)30-32(40)31-46-28-13-29-51(48-6-2,49-7-3)50-8-4/h32,40H,5-31H2,1-4H3,(H,41,42)(H,43,44). The lowest BCUT2D eigenvalue weighted by Crippen LogP contribution is -2.46. The second-order valence-electron chi connectivity index (χ2n) is 12.9. The van der Waals surface area contributed by atoms with Gasteiger partial charge in [0.1, 0.15) is 0 Å². The normalized spacial score (nSPS) is 18.1. The van der Waals surface area contributed by atoms with Crippen molar-refractivity contribution in [2.75, 3.05) is 118 Å². The molecule has 51 heavy (non-hydrogen) atoms. The Kier molecular flexibility index (Phi) is 27.5. The van der Waals surface area contributed by atoms with Gasteiger partial charge >= 0.3 is 26.7 Å². The maximum atomic E-state index is 12.2. The molecule has 0 aromatic heterocycles. The Morgan fingerprint density at radius 3 is 1.43 bits per heavy atom. The number of ether oxygens (including phenoxy) is 2. The summed E-state index contributed by atoms with van der Waals surface area (Å²) < 4.78 is 28.8. The predicted octanol–water partition coefficient (Wildman–Crippen LogP) is 2.49. The SMILES string of the molecule is CCOC(=O)CCN1CCCN(CCC(=O)O)CCCN(CCC(=O)O)CCCN(CC(O)COCCC[Si](OCC)(OCC)OCC)CCC1. The molecule has 300 valence electrons. The lowest BCUT2D eigenvalue weighted by atomic mass is 10.2. The first-order valence-corrected chi connectivity index (χ1v) is 21.2. The van der Waals surface area contributed by atoms with Crippen LogP contribution in [0.5, 0.6) is 0 Å². The zero-order valence-electron chi connectivity index (χ0n) is 32.1. The summed E-state index contributed by atoms with van der Waals surface area (Å²) in [6.45, 7) is 18.1. The maximum Gasteiger partial charge on any atom is 0.501 e. The molecular formula is C35H70N4O11Si. The van der Waals surface area contributed by atoms with Crippen LogP contribution in [-0.2, 0) is 37.1 Å². The number of carboxylic acid groups (broad SMARTS) is 2. The van der Waals surface area contributed by atoms with Gasteiger partial charge in [0.25, 0.3) is 0 Å². The van der Waals surface area contributed by atoms with Gasteiger partial charge in [-0.3, -0.25) is 14.4 Å². The van der Waals surface area contributed by atoms with Crippen molar-refractivity contribution in [3.05, 3.63) is 0 Å². The van der Waals surface area contributed by atoms with E-state index in [4.69, 9.17) is 22.8 Å². The van der Waals surface area contributed by atoms with Crippen molar-refractivity contribution in [3.63, 3.8) is 0 Å². The quantitative estimate of drug-likeness (QED) is 0.0747. The minimum Gasteiger partial charge on any atom is -0.481 e. The van der Waals surface area contributed by atoms with Gasteiger partial charge in [0.15, 0.2) is 0 Å². The molecule has 0 aliphatic carbocycles. The smallest absolute Gasteiger partial charge is 0.481 e. The number of esters is 1. The lowest BCUT2D eigenvalue weighted by Gasteiger charge is -2.30. The third-order valence-electron chi connectivity index (χ3n) is 8.66. The van der Waals surface area contributed by atoms with Gasteiger partial charge in [0, 0.05) is 58.7 Å². The average molecular weight is 751 g/mol. The van der Waals surface area contributed by atoms with Crippen molar-refractivity contribution in [2.24, 2.45) is 0 Å². The van der Waals surface area contributed by atoms with E-state index < -0.39 is 26.8 Å². The first-order chi connectivity index (χ1) is 24.6. The van der Waals surface area contributed by atoms with Crippen LogP contribution in [0.15, 0.2) is 0 Å². The monoisotopic (exact) mass is 750 g/mol. The van der Waals surface area contributed by atoms with Crippen LogP contribution in [0.1, 0.15) is 79.1 Å². The Morgan fingerprint density at radius 1 is 0.627 bits per heavy atom. The van der Waals surface area contributed by atoms with Crippen molar-refractivity contribution >= 4 is 26.7 Å². The van der Waals surface area contributed by atoms with E-state index in [2.05, 4.69) is 19.6 Å². The van der Waals surface area contributed by atoms with Crippen molar-refractivity contribution in [1.29, 1.82) is 0 Å². The van der Waals surface area contributed by atoms with Crippen molar-refractivity contribution in [3.8, 4) is 0 Å². The van der Waals surface area contributed by atoms with E-state index >= 15 is 0 Å². The first kappa shape index (κ1) is 47.3. The number of aliphatic hydroxyl groups is 1. The first-order valence-electron chi connectivity index (χ1n) is 19.2. The van der Waals surface area contributed by atoms with Crippen LogP contribution in [0.2, 0.25) is 6.04 Å². The van der Waals surface area contributed by atoms with Gasteiger partial charge in [0.2, 0.25) is 0 Å². The molecule has 16 heteroatoms. The van der Waals surface area contributed by atoms with Gasteiger partial charge in [-0.05, 0) is 112 Å². The number of carbonyl (C=O) groups is 3. The molecular weight excluding hydrogens is 680 g/mol. The van der Waals surface area contributed by atoms with E-state index in [9.17, 15) is 29.7 Å². The molecule has 0 aromatic rings. The van der Waals surface area contributed by atoms with Crippen LogP contribution in [0.4, 0.5) is 0 Å². The fourth-order valence-electron chi connectivity index (χ4n) is 6.32. The minimum absolute atomic E-state index is 0.0629. The number of nitrogens with zero attached hydrogens (tertiary/aromatic N) is 4. The topological polar surface area (TPSA) is 171 Å². The number of carbonyl (C=O) groups excluding carboxylic acids is 1. The van der Waals surface area contributed by atoms with Crippen LogP contribution in [0.3, 0.4) is 0 Å². The molecule has 1 fully saturated rings. The van der Waals surface area contributed by atoms with Crippen LogP contribution in [0.25, 0.3) is 0 Å². The summed E-state index contributed by atoms with van der Waals surface area (Å²) in [7, 11) is -2.74. The van der Waals surface area contributed by atoms with E-state index in [1.165, 1.54) is 0 Å². The number of aliphatic carboxylic acids is 2. The third-order valence-corrected chi connectivity index (χ3v) is 11.8. The molecule has 0 aromatic carbocycles. The molecule has 1 aliphatic rings. The van der Waals surface area contributed by atoms with Crippen molar-refractivity contribution < 1.29 is 52.5 Å². The molecule has 0 spiro atoms. The molecule has 0 amide bonds. The summed E-state index contributed by atoms with van der Waals surface area (Å²) in [5.41, 5.74) is 0. The Balaban J connectivity index is 2.90. The average Bonchev–Trinajstić information content (AvgIpc) is 3.07. The highest BCUT2D eigenvalue weighted by atomic mass is 28.4. The molecule has 15 nitrogen and oxygen atoms in total. The maximum absolute atomic E-state index is 12.2. The highest BCUT2D eigenvalue weighted by molar-refractivity contribution is 6.60. The Bertz CT molecular complexity index is 906. The van der Waals surface area contributed by atoms with E-state index in [1.807, 2.05) is 20.8 Å². The molecule has 0 saturated carbocycles. The summed E-state index contributed by atoms with van der Waals surface area (Å²) in [4.78, 5) is 43.7. The third kappa shape index (κ3) is 24.3. The molecule has 3 N–H and O–H groups in total. The Hall–Kier alpha value is -1.73. The predicted molar refractivity (Wildman–Crippen MR) is 197 cm³/mol. The van der Waals surface area contributed by atoms with E-state index in [-0.39, 0.29) is 25.4 Å². The van der Waals surface area contributed by atoms with Gasteiger partial charge in [-0.25, -0.2) is 0 Å². The number of aliphatic hydroxyl groups excluding tert-OH is 1. The number of rotatable bonds is 24. The summed E-state index contributed by atoms with van der Waals surface area (Å²) in [5.74, 6) is -1.87. The van der Waals surface area contributed by atoms with Crippen LogP contribution in [-0.4, -0.2) is 186 Å². The largest absolute Gasteiger partial charge is 0.501 e. The summed E-state index contributed by atoms with van der Waals surface area (Å²) in [6, 6.07) is 0.649. The number of hydrogen-bond donors (Lipinski definition) is 3. The fourth-order valence-corrected chi connectivity index (χ4v) is 8.90. The van der Waals surface area contributed by atoms with Gasteiger partial charge in [-0.15, -0.1) is 0 Å². The summed E-state index contributed by atoms with van der Waals surface area (Å²) >= 11 is 0. The van der Waals surface area contributed by atoms with Crippen LogP contribution < -0.4 is 0 Å². The van der Waals surface area contributed by atoms with Gasteiger partial charge < -0.3 is 57.7 Å². The molecule has 1 atom stereocenters. The molecule has 1 aliphatic heterocycles. The molecule has 0 radical (unpaired) electrons. The molecule has 1 saturated heterocycles. The van der Waals surface area contributed by atoms with E-state index in [0.717, 1.165) is 78.0 Å². The van der Waals surface area contributed by atoms with Gasteiger partial charge in [-0.1, -0.05) is 0 Å². The zero-order valence-corrected chi connectivity index (χ0v) is 33.1. The molecule has 0 bridgehead atoms. The second kappa shape index (κ2) is 29.7. The number of β-amino-alcohol motifs (C(OH)–C–C–N with tert-alkyl or cyclic N) is 1. The number of carboxylic acids is 2. The minimum atomic E-state index is -2.74. The van der Waals surface area contributed by atoms with Crippen LogP contribution >= 0.6 is 0 Å². The summed E-state index contributed by atoms with van der Waals surface area (Å²) in [6.07, 6.45) is 3.74. The van der Waals surface area contributed by atoms with Crippen molar-refractivity contribution in [2.45, 2.75) is 91.2 Å². The highest BCUT2D eigenvalue weighted by Crippen LogP contribution is 2.18. The van der Waals surface area contributed by atoms with Gasteiger partial charge in [0.05, 0.1) is 38.6 Å². The Morgan fingerprint density at radius 2 is 1.04 bits per heavy atom. The van der Waals surface area contributed by atoms with E-state index in [1.54, 1.807) is 6.92 Å². The second-order valence-corrected chi connectivity index (χ2v) is 15.6. The lowest BCUT2D eigenvalue weighted by molar-refractivity contribution is -0.143. The van der Waals surface area contributed by atoms with Crippen LogP contribution in [0, 0.1) is 0 Å². The van der Waals surface area contributed by atoms with E-state index in [0.29, 0.717) is 78.1 Å². The molecule has 1 unspecified atom stereocenters. The van der Waals surface area contributed by atoms with Crippen molar-refractivity contribution in [1.82, 2.24) is 19.6 Å². The number of hydrogen-bond acceptors (Lipinski definition) is 13. The Labute approximate surface area is 307 Å². The molecule has 1 heterocycles.